The van der Waals surface area contributed by atoms with Crippen LogP contribution < -0.4 is 4.74 Å². The van der Waals surface area contributed by atoms with Crippen LogP contribution in [0.15, 0.2) is 24.3 Å². The third-order valence-corrected chi connectivity index (χ3v) is 3.00. The van der Waals surface area contributed by atoms with E-state index in [2.05, 4.69) is 0 Å². The van der Waals surface area contributed by atoms with Crippen LogP contribution in [0, 0.1) is 0 Å². The van der Waals surface area contributed by atoms with Crippen molar-refractivity contribution in [1.29, 1.82) is 0 Å². The van der Waals surface area contributed by atoms with Gasteiger partial charge in [-0.15, -0.1) is 0 Å². The van der Waals surface area contributed by atoms with Gasteiger partial charge in [0, 0.05) is 13.7 Å². The highest BCUT2D eigenvalue weighted by atomic mass is 16.5. The molecule has 0 atom stereocenters. The SMILES string of the molecule is COC(C)(C)CCOCCOc1ccc(C(=O)O)cc1. The van der Waals surface area contributed by atoms with Gasteiger partial charge in [0.25, 0.3) is 0 Å². The number of aromatic carboxylic acids is 1. The fourth-order valence-corrected chi connectivity index (χ4v) is 1.43. The smallest absolute Gasteiger partial charge is 0.335 e. The standard InChI is InChI=1S/C15H22O5/c1-15(2,18-3)8-9-19-10-11-20-13-6-4-12(5-7-13)14(16)17/h4-7H,8-11H2,1-3H3,(H,16,17). The average Bonchev–Trinajstić information content (AvgIpc) is 2.43. The van der Waals surface area contributed by atoms with Crippen LogP contribution in [0.25, 0.3) is 0 Å². The molecule has 0 saturated heterocycles. The number of ether oxygens (including phenoxy) is 3. The lowest BCUT2D eigenvalue weighted by Gasteiger charge is -2.22. The van der Waals surface area contributed by atoms with Gasteiger partial charge in [-0.05, 0) is 44.5 Å². The first-order valence-corrected chi connectivity index (χ1v) is 6.54. The summed E-state index contributed by atoms with van der Waals surface area (Å²) in [5.41, 5.74) is 0.0726. The summed E-state index contributed by atoms with van der Waals surface area (Å²) in [5, 5.41) is 8.76. The van der Waals surface area contributed by atoms with Crippen LogP contribution in [0.1, 0.15) is 30.6 Å². The summed E-state index contributed by atoms with van der Waals surface area (Å²) in [6.45, 7) is 5.55. The molecule has 0 heterocycles. The van der Waals surface area contributed by atoms with Crippen LogP contribution in [0.4, 0.5) is 0 Å². The molecule has 0 bridgehead atoms. The van der Waals surface area contributed by atoms with E-state index in [0.29, 0.717) is 25.6 Å². The molecule has 5 heteroatoms. The minimum absolute atomic E-state index is 0.173. The number of carbonyl (C=O) groups is 1. The number of methoxy groups -OCH3 is 1. The van der Waals surface area contributed by atoms with Crippen LogP contribution in [-0.2, 0) is 9.47 Å². The molecule has 0 unspecified atom stereocenters. The molecule has 1 N–H and O–H groups in total. The zero-order valence-electron chi connectivity index (χ0n) is 12.2. The zero-order valence-corrected chi connectivity index (χ0v) is 12.2. The number of rotatable bonds is 9. The van der Waals surface area contributed by atoms with Crippen molar-refractivity contribution in [2.75, 3.05) is 26.9 Å². The predicted octanol–water partition coefficient (Wildman–Crippen LogP) is 2.60. The van der Waals surface area contributed by atoms with Crippen LogP contribution in [0.3, 0.4) is 0 Å². The van der Waals surface area contributed by atoms with Gasteiger partial charge in [0.1, 0.15) is 12.4 Å². The molecule has 0 aliphatic rings. The lowest BCUT2D eigenvalue weighted by atomic mass is 10.1. The number of hydrogen-bond acceptors (Lipinski definition) is 4. The summed E-state index contributed by atoms with van der Waals surface area (Å²) in [7, 11) is 1.68. The van der Waals surface area contributed by atoms with Crippen molar-refractivity contribution in [2.24, 2.45) is 0 Å². The zero-order chi connectivity index (χ0) is 15.0. The highest BCUT2D eigenvalue weighted by Gasteiger charge is 2.15. The average molecular weight is 282 g/mol. The summed E-state index contributed by atoms with van der Waals surface area (Å²) in [5.74, 6) is -0.309. The van der Waals surface area contributed by atoms with Crippen molar-refractivity contribution in [1.82, 2.24) is 0 Å². The van der Waals surface area contributed by atoms with Crippen molar-refractivity contribution >= 4 is 5.97 Å². The second-order valence-corrected chi connectivity index (χ2v) is 5.00. The Balaban J connectivity index is 2.17. The lowest BCUT2D eigenvalue weighted by Crippen LogP contribution is -2.24. The van der Waals surface area contributed by atoms with E-state index in [0.717, 1.165) is 6.42 Å². The highest BCUT2D eigenvalue weighted by molar-refractivity contribution is 5.87. The molecule has 0 radical (unpaired) electrons. The Morgan fingerprint density at radius 1 is 1.15 bits per heavy atom. The van der Waals surface area contributed by atoms with E-state index in [1.165, 1.54) is 12.1 Å². The minimum atomic E-state index is -0.944. The Bertz CT molecular complexity index is 411. The Morgan fingerprint density at radius 3 is 2.35 bits per heavy atom. The molecule has 1 aromatic carbocycles. The molecule has 0 amide bonds. The fourth-order valence-electron chi connectivity index (χ4n) is 1.43. The summed E-state index contributed by atoms with van der Waals surface area (Å²) < 4.78 is 16.2. The van der Waals surface area contributed by atoms with Gasteiger partial charge in [-0.3, -0.25) is 0 Å². The molecule has 0 aliphatic heterocycles. The summed E-state index contributed by atoms with van der Waals surface area (Å²) in [4.78, 5) is 10.7. The number of carboxylic acid groups (broad SMARTS) is 1. The highest BCUT2D eigenvalue weighted by Crippen LogP contribution is 2.13. The Kier molecular flexibility index (Phi) is 6.48. The van der Waals surface area contributed by atoms with Crippen molar-refractivity contribution in [3.63, 3.8) is 0 Å². The van der Waals surface area contributed by atoms with Crippen molar-refractivity contribution in [3.8, 4) is 5.75 Å². The molecule has 0 fully saturated rings. The van der Waals surface area contributed by atoms with Crippen molar-refractivity contribution in [2.45, 2.75) is 25.9 Å². The van der Waals surface area contributed by atoms with Gasteiger partial charge < -0.3 is 19.3 Å². The van der Waals surface area contributed by atoms with E-state index >= 15 is 0 Å². The van der Waals surface area contributed by atoms with Gasteiger partial charge >= 0.3 is 5.97 Å². The van der Waals surface area contributed by atoms with Gasteiger partial charge in [-0.2, -0.15) is 0 Å². The third kappa shape index (κ3) is 6.04. The Morgan fingerprint density at radius 2 is 1.80 bits per heavy atom. The molecule has 5 nitrogen and oxygen atoms in total. The van der Waals surface area contributed by atoms with E-state index in [1.807, 2.05) is 13.8 Å². The second-order valence-electron chi connectivity index (χ2n) is 5.00. The van der Waals surface area contributed by atoms with Crippen molar-refractivity contribution < 1.29 is 24.1 Å². The molecule has 0 aliphatic carbocycles. The molecular formula is C15H22O5. The maximum absolute atomic E-state index is 10.7. The monoisotopic (exact) mass is 282 g/mol. The topological polar surface area (TPSA) is 65.0 Å². The number of hydrogen-bond donors (Lipinski definition) is 1. The molecule has 112 valence electrons. The molecular weight excluding hydrogens is 260 g/mol. The molecule has 20 heavy (non-hydrogen) atoms. The minimum Gasteiger partial charge on any atom is -0.491 e. The second kappa shape index (κ2) is 7.87. The Hall–Kier alpha value is -1.59. The van der Waals surface area contributed by atoms with Gasteiger partial charge in [-0.25, -0.2) is 4.79 Å². The van der Waals surface area contributed by atoms with Gasteiger partial charge in [0.15, 0.2) is 0 Å². The molecule has 0 spiro atoms. The molecule has 1 aromatic rings. The van der Waals surface area contributed by atoms with E-state index in [9.17, 15) is 4.79 Å². The first-order chi connectivity index (χ1) is 9.44. The third-order valence-electron chi connectivity index (χ3n) is 3.00. The van der Waals surface area contributed by atoms with Crippen LogP contribution in [0.5, 0.6) is 5.75 Å². The largest absolute Gasteiger partial charge is 0.491 e. The van der Waals surface area contributed by atoms with Crippen molar-refractivity contribution in [3.05, 3.63) is 29.8 Å². The quantitative estimate of drug-likeness (QED) is 0.705. The van der Waals surface area contributed by atoms with E-state index in [-0.39, 0.29) is 11.2 Å². The van der Waals surface area contributed by atoms with Crippen LogP contribution in [-0.4, -0.2) is 43.6 Å². The predicted molar refractivity (Wildman–Crippen MR) is 75.4 cm³/mol. The normalized spacial score (nSPS) is 11.3. The van der Waals surface area contributed by atoms with Gasteiger partial charge in [0.2, 0.25) is 0 Å². The first kappa shape index (κ1) is 16.5. The van der Waals surface area contributed by atoms with Crippen LogP contribution in [0.2, 0.25) is 0 Å². The van der Waals surface area contributed by atoms with E-state index in [4.69, 9.17) is 19.3 Å². The lowest BCUT2D eigenvalue weighted by molar-refractivity contribution is -0.0128. The Labute approximate surface area is 119 Å². The summed E-state index contributed by atoms with van der Waals surface area (Å²) in [6, 6.07) is 6.30. The maximum Gasteiger partial charge on any atom is 0.335 e. The molecule has 0 aromatic heterocycles. The van der Waals surface area contributed by atoms with Crippen LogP contribution >= 0.6 is 0 Å². The maximum atomic E-state index is 10.7. The number of benzene rings is 1. The fraction of sp³-hybridized carbons (Fsp3) is 0.533. The van der Waals surface area contributed by atoms with E-state index in [1.54, 1.807) is 19.2 Å². The van der Waals surface area contributed by atoms with Gasteiger partial charge in [0.05, 0.1) is 17.8 Å². The van der Waals surface area contributed by atoms with Gasteiger partial charge in [-0.1, -0.05) is 0 Å². The van der Waals surface area contributed by atoms with E-state index < -0.39 is 5.97 Å². The first-order valence-electron chi connectivity index (χ1n) is 6.54. The molecule has 0 saturated carbocycles. The molecule has 1 rings (SSSR count). The summed E-state index contributed by atoms with van der Waals surface area (Å²) in [6.07, 6.45) is 0.816. The summed E-state index contributed by atoms with van der Waals surface area (Å²) >= 11 is 0. The number of carboxylic acids is 1.